The number of allylic oxidation sites excluding steroid dienone is 1. The molecule has 1 unspecified atom stereocenters. The maximum absolute atomic E-state index is 12.1. The van der Waals surface area contributed by atoms with Crippen LogP contribution in [0.25, 0.3) is 0 Å². The molecule has 18 heavy (non-hydrogen) atoms. The van der Waals surface area contributed by atoms with Gasteiger partial charge in [-0.1, -0.05) is 12.1 Å². The van der Waals surface area contributed by atoms with Crippen molar-refractivity contribution in [2.75, 3.05) is 11.1 Å². The zero-order valence-electron chi connectivity index (χ0n) is 9.42. The first kappa shape index (κ1) is 12.5. The van der Waals surface area contributed by atoms with E-state index in [4.69, 9.17) is 5.73 Å². The summed E-state index contributed by atoms with van der Waals surface area (Å²) in [4.78, 5) is 23.4. The molecule has 1 amide bonds. The second-order valence-corrected chi connectivity index (χ2v) is 5.11. The summed E-state index contributed by atoms with van der Waals surface area (Å²) in [7, 11) is 0. The van der Waals surface area contributed by atoms with Gasteiger partial charge < -0.3 is 16.2 Å². The van der Waals surface area contributed by atoms with Gasteiger partial charge in [-0.05, 0) is 23.6 Å². The van der Waals surface area contributed by atoms with Crippen LogP contribution < -0.4 is 11.1 Å². The van der Waals surface area contributed by atoms with Crippen LogP contribution in [0.4, 0.5) is 11.4 Å². The summed E-state index contributed by atoms with van der Waals surface area (Å²) >= 11 is 1.01. The molecular formula is C12H12N2O3S. The van der Waals surface area contributed by atoms with E-state index >= 15 is 0 Å². The van der Waals surface area contributed by atoms with Crippen molar-refractivity contribution in [3.8, 4) is 0 Å². The fourth-order valence-corrected chi connectivity index (χ4v) is 2.53. The molecule has 6 heteroatoms. The summed E-state index contributed by atoms with van der Waals surface area (Å²) in [6.45, 7) is 0. The van der Waals surface area contributed by atoms with E-state index in [2.05, 4.69) is 5.32 Å². The van der Waals surface area contributed by atoms with Gasteiger partial charge in [0.05, 0.1) is 0 Å². The highest BCUT2D eigenvalue weighted by molar-refractivity contribution is 8.05. The number of anilines is 2. The molecule has 4 N–H and O–H groups in total. The lowest BCUT2D eigenvalue weighted by molar-refractivity contribution is -0.143. The van der Waals surface area contributed by atoms with Crippen LogP contribution in [0.15, 0.2) is 35.7 Å². The summed E-state index contributed by atoms with van der Waals surface area (Å²) in [6.07, 6.45) is 1.86. The predicted octanol–water partition coefficient (Wildman–Crippen LogP) is 1.68. The number of amides is 1. The van der Waals surface area contributed by atoms with Gasteiger partial charge >= 0.3 is 5.97 Å². The van der Waals surface area contributed by atoms with Crippen LogP contribution in [0.5, 0.6) is 0 Å². The van der Waals surface area contributed by atoms with E-state index in [-0.39, 0.29) is 6.42 Å². The molecule has 1 aromatic rings. The highest BCUT2D eigenvalue weighted by Crippen LogP contribution is 2.38. The lowest BCUT2D eigenvalue weighted by atomic mass is 10.0. The number of rotatable bonds is 3. The smallest absolute Gasteiger partial charge is 0.330 e. The van der Waals surface area contributed by atoms with Crippen molar-refractivity contribution in [1.82, 2.24) is 0 Å². The normalized spacial score (nSPS) is 21.8. The second-order valence-electron chi connectivity index (χ2n) is 3.91. The minimum atomic E-state index is -1.47. The number of nitrogens with two attached hydrogens (primary N) is 1. The molecule has 0 aromatic heterocycles. The van der Waals surface area contributed by atoms with E-state index in [9.17, 15) is 14.7 Å². The Morgan fingerprint density at radius 1 is 1.44 bits per heavy atom. The predicted molar refractivity (Wildman–Crippen MR) is 71.2 cm³/mol. The van der Waals surface area contributed by atoms with Gasteiger partial charge in [0, 0.05) is 17.8 Å². The quantitative estimate of drug-likeness (QED) is 0.570. The van der Waals surface area contributed by atoms with E-state index in [0.29, 0.717) is 11.4 Å². The Labute approximate surface area is 108 Å². The van der Waals surface area contributed by atoms with Crippen LogP contribution >= 0.6 is 11.8 Å². The average molecular weight is 264 g/mol. The van der Waals surface area contributed by atoms with E-state index in [1.54, 1.807) is 35.7 Å². The molecule has 0 bridgehead atoms. The maximum Gasteiger partial charge on any atom is 0.330 e. The molecule has 0 fully saturated rings. The van der Waals surface area contributed by atoms with Gasteiger partial charge in [0.2, 0.25) is 0 Å². The Balaban J connectivity index is 2.19. The minimum Gasteiger partial charge on any atom is -0.480 e. The number of carbonyl (C=O) groups is 2. The Morgan fingerprint density at radius 3 is 2.78 bits per heavy atom. The molecular weight excluding hydrogens is 252 g/mol. The van der Waals surface area contributed by atoms with Crippen molar-refractivity contribution in [3.05, 3.63) is 35.7 Å². The molecule has 0 spiro atoms. The Kier molecular flexibility index (Phi) is 3.29. The number of carbonyl (C=O) groups excluding carboxylic acids is 1. The van der Waals surface area contributed by atoms with Crippen LogP contribution in [-0.2, 0) is 9.59 Å². The number of nitrogens with one attached hydrogen (secondary N) is 1. The molecule has 1 aromatic carbocycles. The topological polar surface area (TPSA) is 92.4 Å². The molecule has 2 rings (SSSR count). The number of carboxylic acid groups (broad SMARTS) is 1. The molecule has 0 saturated heterocycles. The highest BCUT2D eigenvalue weighted by Gasteiger charge is 2.47. The molecule has 0 radical (unpaired) electrons. The summed E-state index contributed by atoms with van der Waals surface area (Å²) in [5, 5.41) is 13.4. The molecule has 0 aliphatic carbocycles. The van der Waals surface area contributed by atoms with Crippen molar-refractivity contribution >= 4 is 35.0 Å². The standard InChI is InChI=1S/C12H12N2O3S/c13-8-3-1-4-9(7-8)14-10(15)12(11(16)17)5-2-6-18-12/h1-4,6-7H,5,13H2,(H,14,15)(H,16,17). The maximum atomic E-state index is 12.1. The van der Waals surface area contributed by atoms with Crippen molar-refractivity contribution < 1.29 is 14.7 Å². The van der Waals surface area contributed by atoms with Crippen LogP contribution in [-0.4, -0.2) is 21.7 Å². The number of benzene rings is 1. The number of nitrogen functional groups attached to an aromatic ring is 1. The third-order valence-corrected chi connectivity index (χ3v) is 3.89. The van der Waals surface area contributed by atoms with Crippen molar-refractivity contribution in [2.45, 2.75) is 11.2 Å². The Hall–Kier alpha value is -1.95. The molecule has 5 nitrogen and oxygen atoms in total. The second kappa shape index (κ2) is 4.73. The fourth-order valence-electron chi connectivity index (χ4n) is 1.66. The van der Waals surface area contributed by atoms with E-state index < -0.39 is 16.6 Å². The van der Waals surface area contributed by atoms with Gasteiger partial charge in [-0.2, -0.15) is 0 Å². The molecule has 1 aliphatic rings. The summed E-state index contributed by atoms with van der Waals surface area (Å²) in [5.41, 5.74) is 6.60. The van der Waals surface area contributed by atoms with E-state index in [1.807, 2.05) is 0 Å². The lowest BCUT2D eigenvalue weighted by Crippen LogP contribution is -2.45. The highest BCUT2D eigenvalue weighted by atomic mass is 32.2. The zero-order chi connectivity index (χ0) is 13.2. The van der Waals surface area contributed by atoms with Crippen LogP contribution in [0.3, 0.4) is 0 Å². The number of aliphatic carboxylic acids is 1. The Morgan fingerprint density at radius 2 is 2.22 bits per heavy atom. The molecule has 1 atom stereocenters. The number of hydrogen-bond donors (Lipinski definition) is 3. The van der Waals surface area contributed by atoms with Gasteiger partial charge in [0.1, 0.15) is 0 Å². The lowest BCUT2D eigenvalue weighted by Gasteiger charge is -2.21. The summed E-state index contributed by atoms with van der Waals surface area (Å²) in [6, 6.07) is 6.63. The SMILES string of the molecule is Nc1cccc(NC(=O)C2(C(=O)O)CC=CS2)c1. The van der Waals surface area contributed by atoms with Crippen LogP contribution in [0, 0.1) is 0 Å². The van der Waals surface area contributed by atoms with Crippen molar-refractivity contribution in [2.24, 2.45) is 0 Å². The molecule has 1 heterocycles. The summed E-state index contributed by atoms with van der Waals surface area (Å²) in [5.74, 6) is -1.69. The molecule has 0 saturated carbocycles. The monoisotopic (exact) mass is 264 g/mol. The molecule has 1 aliphatic heterocycles. The first-order valence-electron chi connectivity index (χ1n) is 5.28. The minimum absolute atomic E-state index is 0.182. The van der Waals surface area contributed by atoms with E-state index in [1.165, 1.54) is 0 Å². The number of hydrogen-bond acceptors (Lipinski definition) is 4. The summed E-state index contributed by atoms with van der Waals surface area (Å²) < 4.78 is -1.47. The zero-order valence-corrected chi connectivity index (χ0v) is 10.2. The van der Waals surface area contributed by atoms with Gasteiger partial charge in [-0.25, -0.2) is 0 Å². The van der Waals surface area contributed by atoms with Crippen molar-refractivity contribution in [1.29, 1.82) is 0 Å². The van der Waals surface area contributed by atoms with Gasteiger partial charge in [-0.15, -0.1) is 11.8 Å². The fraction of sp³-hybridized carbons (Fsp3) is 0.167. The Bertz CT molecular complexity index is 520. The third-order valence-electron chi connectivity index (χ3n) is 2.63. The van der Waals surface area contributed by atoms with Gasteiger partial charge in [0.25, 0.3) is 5.91 Å². The van der Waals surface area contributed by atoms with Gasteiger partial charge in [0.15, 0.2) is 4.75 Å². The number of carboxylic acids is 1. The largest absolute Gasteiger partial charge is 0.480 e. The first-order valence-corrected chi connectivity index (χ1v) is 6.16. The molecule has 94 valence electrons. The van der Waals surface area contributed by atoms with Gasteiger partial charge in [-0.3, -0.25) is 9.59 Å². The van der Waals surface area contributed by atoms with Crippen LogP contribution in [0.2, 0.25) is 0 Å². The number of thioether (sulfide) groups is 1. The average Bonchev–Trinajstić information content (AvgIpc) is 2.79. The van der Waals surface area contributed by atoms with E-state index in [0.717, 1.165) is 11.8 Å². The van der Waals surface area contributed by atoms with Crippen LogP contribution in [0.1, 0.15) is 6.42 Å². The van der Waals surface area contributed by atoms with Crippen molar-refractivity contribution in [3.63, 3.8) is 0 Å². The first-order chi connectivity index (χ1) is 8.54. The third kappa shape index (κ3) is 2.19.